The Bertz CT molecular complexity index is 625. The van der Waals surface area contributed by atoms with E-state index in [9.17, 15) is 15.0 Å². The van der Waals surface area contributed by atoms with Crippen LogP contribution in [0.2, 0.25) is 0 Å². The molecule has 20 heavy (non-hydrogen) atoms. The third-order valence-electron chi connectivity index (χ3n) is 2.63. The first-order valence-corrected chi connectivity index (χ1v) is 6.71. The number of rotatable bonds is 4. The fraction of sp³-hybridized carbons (Fsp3) is 0.231. The van der Waals surface area contributed by atoms with E-state index < -0.39 is 12.0 Å². The van der Waals surface area contributed by atoms with Gasteiger partial charge in [-0.1, -0.05) is 6.07 Å². The summed E-state index contributed by atoms with van der Waals surface area (Å²) in [5.41, 5.74) is 0.582. The molecule has 0 spiro atoms. The van der Waals surface area contributed by atoms with Crippen molar-refractivity contribution in [3.05, 3.63) is 34.8 Å². The van der Waals surface area contributed by atoms with Crippen LogP contribution in [0.1, 0.15) is 29.1 Å². The average Bonchev–Trinajstić information content (AvgIpc) is 2.87. The SMILES string of the molecule is COc1cccc(C(=O)Nc2nc(C(C)O)cs2)c1O. The third kappa shape index (κ3) is 2.89. The van der Waals surface area contributed by atoms with Gasteiger partial charge in [-0.05, 0) is 19.1 Å². The first-order valence-electron chi connectivity index (χ1n) is 5.83. The topological polar surface area (TPSA) is 91.7 Å². The molecular weight excluding hydrogens is 280 g/mol. The molecule has 0 aliphatic rings. The van der Waals surface area contributed by atoms with Crippen LogP contribution >= 0.6 is 11.3 Å². The average molecular weight is 294 g/mol. The summed E-state index contributed by atoms with van der Waals surface area (Å²) in [6, 6.07) is 4.65. The number of nitrogens with zero attached hydrogens (tertiary/aromatic N) is 1. The lowest BCUT2D eigenvalue weighted by Crippen LogP contribution is -2.12. The van der Waals surface area contributed by atoms with E-state index in [1.807, 2.05) is 0 Å². The van der Waals surface area contributed by atoms with Gasteiger partial charge in [0, 0.05) is 5.38 Å². The van der Waals surface area contributed by atoms with Crippen molar-refractivity contribution in [1.29, 1.82) is 0 Å². The summed E-state index contributed by atoms with van der Waals surface area (Å²) in [5, 5.41) is 23.8. The molecule has 0 aliphatic carbocycles. The largest absolute Gasteiger partial charge is 0.504 e. The van der Waals surface area contributed by atoms with Crippen molar-refractivity contribution in [2.45, 2.75) is 13.0 Å². The molecule has 1 heterocycles. The highest BCUT2D eigenvalue weighted by atomic mass is 32.1. The molecule has 0 radical (unpaired) electrons. The molecule has 1 unspecified atom stereocenters. The second-order valence-corrected chi connectivity index (χ2v) is 4.92. The number of methoxy groups -OCH3 is 1. The van der Waals surface area contributed by atoms with Crippen molar-refractivity contribution in [2.75, 3.05) is 12.4 Å². The molecule has 0 bridgehead atoms. The highest BCUT2D eigenvalue weighted by Crippen LogP contribution is 2.30. The Hall–Kier alpha value is -2.12. The number of phenolic OH excluding ortho intramolecular Hbond substituents is 1. The van der Waals surface area contributed by atoms with Crippen molar-refractivity contribution in [3.8, 4) is 11.5 Å². The highest BCUT2D eigenvalue weighted by molar-refractivity contribution is 7.14. The van der Waals surface area contributed by atoms with Crippen LogP contribution in [0.15, 0.2) is 23.6 Å². The van der Waals surface area contributed by atoms with Gasteiger partial charge >= 0.3 is 0 Å². The second-order valence-electron chi connectivity index (χ2n) is 4.06. The van der Waals surface area contributed by atoms with E-state index in [1.54, 1.807) is 24.4 Å². The first-order chi connectivity index (χ1) is 9.52. The van der Waals surface area contributed by atoms with Gasteiger partial charge in [-0.25, -0.2) is 4.98 Å². The van der Waals surface area contributed by atoms with E-state index in [0.717, 1.165) is 0 Å². The smallest absolute Gasteiger partial charge is 0.261 e. The minimum Gasteiger partial charge on any atom is -0.504 e. The number of anilines is 1. The van der Waals surface area contributed by atoms with Gasteiger partial charge in [-0.15, -0.1) is 11.3 Å². The number of carbonyl (C=O) groups is 1. The highest BCUT2D eigenvalue weighted by Gasteiger charge is 2.16. The predicted molar refractivity (Wildman–Crippen MR) is 75.4 cm³/mol. The Kier molecular flexibility index (Phi) is 4.21. The third-order valence-corrected chi connectivity index (χ3v) is 3.41. The molecule has 2 aromatic rings. The van der Waals surface area contributed by atoms with Gasteiger partial charge in [0.05, 0.1) is 24.5 Å². The number of ether oxygens (including phenoxy) is 1. The van der Waals surface area contributed by atoms with E-state index >= 15 is 0 Å². The Morgan fingerprint density at radius 3 is 2.85 bits per heavy atom. The Balaban J connectivity index is 2.19. The lowest BCUT2D eigenvalue weighted by molar-refractivity contribution is 0.102. The summed E-state index contributed by atoms with van der Waals surface area (Å²) in [7, 11) is 1.41. The number of aliphatic hydroxyl groups is 1. The quantitative estimate of drug-likeness (QED) is 0.803. The van der Waals surface area contributed by atoms with Crippen LogP contribution in [0.25, 0.3) is 0 Å². The number of thiazole rings is 1. The molecule has 0 saturated carbocycles. The normalized spacial score (nSPS) is 11.9. The van der Waals surface area contributed by atoms with Gasteiger partial charge in [-0.3, -0.25) is 10.1 Å². The van der Waals surface area contributed by atoms with Crippen LogP contribution in [0.3, 0.4) is 0 Å². The van der Waals surface area contributed by atoms with Gasteiger partial charge in [0.15, 0.2) is 16.6 Å². The first kappa shape index (κ1) is 14.3. The standard InChI is InChI=1S/C13H14N2O4S/c1-7(16)9-6-20-13(14-9)15-12(18)8-4-3-5-10(19-2)11(8)17/h3-7,16-17H,1-2H3,(H,14,15,18). The number of aromatic hydroxyl groups is 1. The lowest BCUT2D eigenvalue weighted by Gasteiger charge is -2.08. The second kappa shape index (κ2) is 5.89. The molecule has 2 rings (SSSR count). The molecule has 1 aromatic heterocycles. The molecule has 6 nitrogen and oxygen atoms in total. The maximum Gasteiger partial charge on any atom is 0.261 e. The fourth-order valence-corrected chi connectivity index (χ4v) is 2.36. The molecule has 1 atom stereocenters. The van der Waals surface area contributed by atoms with E-state index in [4.69, 9.17) is 4.74 Å². The van der Waals surface area contributed by atoms with Crippen LogP contribution in [-0.4, -0.2) is 28.2 Å². The van der Waals surface area contributed by atoms with Crippen LogP contribution in [0.4, 0.5) is 5.13 Å². The molecule has 7 heteroatoms. The Morgan fingerprint density at radius 2 is 2.25 bits per heavy atom. The maximum absolute atomic E-state index is 12.1. The number of phenols is 1. The number of nitrogens with one attached hydrogen (secondary N) is 1. The van der Waals surface area contributed by atoms with Gasteiger partial charge < -0.3 is 14.9 Å². The summed E-state index contributed by atoms with van der Waals surface area (Å²) in [5.74, 6) is -0.492. The molecule has 3 N–H and O–H groups in total. The predicted octanol–water partition coefficient (Wildman–Crippen LogP) is 2.16. The molecular formula is C13H14N2O4S. The molecule has 1 amide bonds. The van der Waals surface area contributed by atoms with Crippen molar-refractivity contribution < 1.29 is 19.7 Å². The van der Waals surface area contributed by atoms with Crippen LogP contribution in [0, 0.1) is 0 Å². The summed E-state index contributed by atoms with van der Waals surface area (Å²) in [4.78, 5) is 16.1. The van der Waals surface area contributed by atoms with Crippen molar-refractivity contribution in [2.24, 2.45) is 0 Å². The zero-order valence-corrected chi connectivity index (χ0v) is 11.8. The van der Waals surface area contributed by atoms with Gasteiger partial charge in [0.1, 0.15) is 0 Å². The molecule has 0 aliphatic heterocycles. The number of hydrogen-bond donors (Lipinski definition) is 3. The van der Waals surface area contributed by atoms with Gasteiger partial charge in [-0.2, -0.15) is 0 Å². The summed E-state index contributed by atoms with van der Waals surface area (Å²) in [6.45, 7) is 1.59. The lowest BCUT2D eigenvalue weighted by atomic mass is 10.2. The van der Waals surface area contributed by atoms with E-state index in [1.165, 1.54) is 24.5 Å². The van der Waals surface area contributed by atoms with Crippen LogP contribution in [0.5, 0.6) is 11.5 Å². The fourth-order valence-electron chi connectivity index (χ4n) is 1.57. The van der Waals surface area contributed by atoms with E-state index in [0.29, 0.717) is 10.8 Å². The number of aliphatic hydroxyl groups excluding tert-OH is 1. The summed E-state index contributed by atoms with van der Waals surface area (Å²) >= 11 is 1.20. The minimum atomic E-state index is -0.692. The summed E-state index contributed by atoms with van der Waals surface area (Å²) in [6.07, 6.45) is -0.692. The molecule has 0 saturated heterocycles. The zero-order chi connectivity index (χ0) is 14.7. The van der Waals surface area contributed by atoms with Crippen molar-refractivity contribution in [3.63, 3.8) is 0 Å². The number of benzene rings is 1. The summed E-state index contributed by atoms with van der Waals surface area (Å²) < 4.78 is 4.95. The minimum absolute atomic E-state index is 0.0955. The zero-order valence-electron chi connectivity index (χ0n) is 11.0. The van der Waals surface area contributed by atoms with Gasteiger partial charge in [0.25, 0.3) is 5.91 Å². The maximum atomic E-state index is 12.1. The monoisotopic (exact) mass is 294 g/mol. The van der Waals surface area contributed by atoms with Crippen LogP contribution < -0.4 is 10.1 Å². The van der Waals surface area contributed by atoms with E-state index in [-0.39, 0.29) is 17.1 Å². The number of para-hydroxylation sites is 1. The number of carbonyl (C=O) groups excluding carboxylic acids is 1. The molecule has 106 valence electrons. The number of aromatic nitrogens is 1. The number of hydrogen-bond acceptors (Lipinski definition) is 6. The molecule has 1 aromatic carbocycles. The number of amides is 1. The Labute approximate surface area is 119 Å². The van der Waals surface area contributed by atoms with Crippen molar-refractivity contribution >= 4 is 22.4 Å². The van der Waals surface area contributed by atoms with Gasteiger partial charge in [0.2, 0.25) is 0 Å². The molecule has 0 fully saturated rings. The van der Waals surface area contributed by atoms with Crippen molar-refractivity contribution in [1.82, 2.24) is 4.98 Å². The van der Waals surface area contributed by atoms with E-state index in [2.05, 4.69) is 10.3 Å². The van der Waals surface area contributed by atoms with Crippen LogP contribution in [-0.2, 0) is 0 Å². The Morgan fingerprint density at radius 1 is 1.50 bits per heavy atom.